The third-order valence-corrected chi connectivity index (χ3v) is 4.85. The van der Waals surface area contributed by atoms with Gasteiger partial charge in [0.05, 0.1) is 23.4 Å². The first-order valence-electron chi connectivity index (χ1n) is 8.14. The van der Waals surface area contributed by atoms with Crippen LogP contribution in [0.1, 0.15) is 50.5 Å². The minimum Gasteiger partial charge on any atom is -0.462 e. The first-order valence-corrected chi connectivity index (χ1v) is 8.77. The van der Waals surface area contributed by atoms with Crippen LogP contribution in [0.5, 0.6) is 0 Å². The molecule has 130 valence electrons. The summed E-state index contributed by atoms with van der Waals surface area (Å²) in [6, 6.07) is 7.30. The summed E-state index contributed by atoms with van der Waals surface area (Å²) in [6.07, 6.45) is 1.96. The third-order valence-electron chi connectivity index (χ3n) is 4.49. The molecule has 1 fully saturated rings. The number of rotatable bonds is 5. The quantitative estimate of drug-likeness (QED) is 0.499. The molecule has 1 heterocycles. The Bertz CT molecular complexity index is 624. The van der Waals surface area contributed by atoms with Crippen molar-refractivity contribution in [1.29, 1.82) is 0 Å². The van der Waals surface area contributed by atoms with Crippen LogP contribution in [-0.2, 0) is 14.0 Å². The van der Waals surface area contributed by atoms with Gasteiger partial charge in [-0.15, -0.1) is 0 Å². The molecular formula is C18H25BO4S. The first kappa shape index (κ1) is 19.1. The van der Waals surface area contributed by atoms with Crippen LogP contribution in [-0.4, -0.2) is 36.6 Å². The number of ether oxygens (including phenoxy) is 1. The number of esters is 1. The molecule has 0 aliphatic carbocycles. The molecule has 0 atom stereocenters. The number of carbonyl (C=O) groups is 1. The Labute approximate surface area is 150 Å². The molecule has 1 saturated heterocycles. The molecule has 24 heavy (non-hydrogen) atoms. The maximum atomic E-state index is 11.9. The van der Waals surface area contributed by atoms with Gasteiger partial charge in [-0.2, -0.15) is 12.6 Å². The molecule has 2 rings (SSSR count). The number of hydrogen-bond acceptors (Lipinski definition) is 5. The zero-order valence-corrected chi connectivity index (χ0v) is 15.9. The summed E-state index contributed by atoms with van der Waals surface area (Å²) < 4.78 is 17.2. The molecule has 0 spiro atoms. The highest BCUT2D eigenvalue weighted by Crippen LogP contribution is 2.39. The van der Waals surface area contributed by atoms with Gasteiger partial charge in [-0.25, -0.2) is 4.79 Å². The Hall–Kier alpha value is -1.24. The lowest BCUT2D eigenvalue weighted by molar-refractivity contribution is 0.00578. The molecule has 1 aliphatic heterocycles. The summed E-state index contributed by atoms with van der Waals surface area (Å²) >= 11 is 4.41. The molecule has 0 bridgehead atoms. The van der Waals surface area contributed by atoms with Gasteiger partial charge in [-0.1, -0.05) is 18.2 Å². The average molecular weight is 348 g/mol. The fourth-order valence-corrected chi connectivity index (χ4v) is 2.61. The van der Waals surface area contributed by atoms with E-state index < -0.39 is 18.3 Å². The molecule has 0 radical (unpaired) electrons. The number of benzene rings is 1. The van der Waals surface area contributed by atoms with Crippen molar-refractivity contribution in [3.05, 3.63) is 40.9 Å². The predicted octanol–water partition coefficient (Wildman–Crippen LogP) is 3.81. The molecule has 0 saturated carbocycles. The van der Waals surface area contributed by atoms with E-state index in [2.05, 4.69) is 12.6 Å². The minimum absolute atomic E-state index is 0.323. The third kappa shape index (κ3) is 4.05. The number of thiol groups is 1. The lowest BCUT2D eigenvalue weighted by Gasteiger charge is -2.32. The minimum atomic E-state index is -0.446. The Balaban J connectivity index is 2.26. The Morgan fingerprint density at radius 3 is 2.42 bits per heavy atom. The monoisotopic (exact) mass is 348 g/mol. The molecule has 0 N–H and O–H groups in total. The number of carbonyl (C=O) groups excluding carboxylic acids is 1. The van der Waals surface area contributed by atoms with E-state index in [9.17, 15) is 4.79 Å². The molecule has 1 aromatic rings. The van der Waals surface area contributed by atoms with Crippen molar-refractivity contribution >= 4 is 31.8 Å². The second-order valence-corrected chi connectivity index (χ2v) is 7.13. The van der Waals surface area contributed by atoms with Crippen molar-refractivity contribution in [2.75, 3.05) is 12.4 Å². The van der Waals surface area contributed by atoms with Gasteiger partial charge in [0.1, 0.15) is 0 Å². The summed E-state index contributed by atoms with van der Waals surface area (Å²) in [5.74, 6) is 0.177. The van der Waals surface area contributed by atoms with Crippen LogP contribution in [0.15, 0.2) is 29.7 Å². The summed E-state index contributed by atoms with van der Waals surface area (Å²) in [7, 11) is -0.446. The Morgan fingerprint density at radius 2 is 1.88 bits per heavy atom. The Kier molecular flexibility index (Phi) is 5.84. The van der Waals surface area contributed by atoms with Crippen molar-refractivity contribution in [3.8, 4) is 0 Å². The van der Waals surface area contributed by atoms with Gasteiger partial charge in [-0.3, -0.25) is 0 Å². The highest BCUT2D eigenvalue weighted by molar-refractivity contribution is 7.80. The van der Waals surface area contributed by atoms with Crippen LogP contribution in [0.25, 0.3) is 6.08 Å². The van der Waals surface area contributed by atoms with Gasteiger partial charge in [0, 0.05) is 5.75 Å². The van der Waals surface area contributed by atoms with E-state index in [1.807, 2.05) is 45.9 Å². The lowest BCUT2D eigenvalue weighted by atomic mass is 9.78. The van der Waals surface area contributed by atoms with E-state index >= 15 is 0 Å². The van der Waals surface area contributed by atoms with E-state index in [0.717, 1.165) is 11.0 Å². The highest BCUT2D eigenvalue weighted by atomic mass is 32.1. The van der Waals surface area contributed by atoms with Crippen LogP contribution >= 0.6 is 12.6 Å². The van der Waals surface area contributed by atoms with Crippen LogP contribution < -0.4 is 0 Å². The maximum absolute atomic E-state index is 11.9. The predicted molar refractivity (Wildman–Crippen MR) is 100 cm³/mol. The molecule has 0 unspecified atom stereocenters. The molecule has 4 nitrogen and oxygen atoms in total. The van der Waals surface area contributed by atoms with Crippen LogP contribution in [0.2, 0.25) is 0 Å². The van der Waals surface area contributed by atoms with Crippen LogP contribution in [0.4, 0.5) is 0 Å². The van der Waals surface area contributed by atoms with Crippen LogP contribution in [0, 0.1) is 0 Å². The van der Waals surface area contributed by atoms with Crippen molar-refractivity contribution in [2.24, 2.45) is 0 Å². The highest BCUT2D eigenvalue weighted by Gasteiger charge is 2.52. The topological polar surface area (TPSA) is 44.8 Å². The largest absolute Gasteiger partial charge is 0.491 e. The maximum Gasteiger partial charge on any atom is 0.491 e. The van der Waals surface area contributed by atoms with Crippen molar-refractivity contribution in [2.45, 2.75) is 45.8 Å². The molecule has 0 amide bonds. The van der Waals surface area contributed by atoms with Gasteiger partial charge in [-0.05, 0) is 57.8 Å². The van der Waals surface area contributed by atoms with Gasteiger partial charge in [0.2, 0.25) is 0 Å². The first-order chi connectivity index (χ1) is 11.2. The van der Waals surface area contributed by atoms with Crippen molar-refractivity contribution in [1.82, 2.24) is 0 Å². The van der Waals surface area contributed by atoms with E-state index in [0.29, 0.717) is 17.9 Å². The van der Waals surface area contributed by atoms with Gasteiger partial charge in [0.15, 0.2) is 0 Å². The van der Waals surface area contributed by atoms with Crippen molar-refractivity contribution < 1.29 is 18.8 Å². The fraction of sp³-hybridized carbons (Fsp3) is 0.500. The second-order valence-electron chi connectivity index (χ2n) is 6.81. The van der Waals surface area contributed by atoms with Gasteiger partial charge in [0.25, 0.3) is 0 Å². The summed E-state index contributed by atoms with van der Waals surface area (Å²) in [5.41, 5.74) is 1.54. The van der Waals surface area contributed by atoms with Crippen LogP contribution in [0.3, 0.4) is 0 Å². The zero-order valence-electron chi connectivity index (χ0n) is 15.0. The van der Waals surface area contributed by atoms with Crippen molar-refractivity contribution in [3.63, 3.8) is 0 Å². The molecule has 6 heteroatoms. The molecule has 1 aromatic carbocycles. The lowest BCUT2D eigenvalue weighted by Crippen LogP contribution is -2.41. The Morgan fingerprint density at radius 1 is 1.25 bits per heavy atom. The normalized spacial score (nSPS) is 19.4. The SMILES string of the molecule is CCOC(=O)c1cccc(C=C(CS)B2OC(C)(C)C(C)(C)O2)c1. The van der Waals surface area contributed by atoms with Gasteiger partial charge < -0.3 is 14.0 Å². The van der Waals surface area contributed by atoms with E-state index in [4.69, 9.17) is 14.0 Å². The van der Waals surface area contributed by atoms with Gasteiger partial charge >= 0.3 is 13.1 Å². The molecular weight excluding hydrogens is 323 g/mol. The molecule has 0 aromatic heterocycles. The summed E-state index contributed by atoms with van der Waals surface area (Å²) in [5, 5.41) is 0. The second kappa shape index (κ2) is 7.34. The standard InChI is InChI=1S/C18H25BO4S/c1-6-21-16(20)14-9-7-8-13(10-14)11-15(12-24)19-22-17(2,3)18(4,5)23-19/h7-11,24H,6,12H2,1-5H3. The van der Waals surface area contributed by atoms with E-state index in [-0.39, 0.29) is 5.97 Å². The van der Waals surface area contributed by atoms with E-state index in [1.54, 1.807) is 19.1 Å². The average Bonchev–Trinajstić information content (AvgIpc) is 2.73. The zero-order chi connectivity index (χ0) is 18.0. The number of hydrogen-bond donors (Lipinski definition) is 1. The summed E-state index contributed by atoms with van der Waals surface area (Å²) in [6.45, 7) is 10.2. The summed E-state index contributed by atoms with van der Waals surface area (Å²) in [4.78, 5) is 11.9. The molecule has 1 aliphatic rings. The van der Waals surface area contributed by atoms with E-state index in [1.165, 1.54) is 0 Å². The fourth-order valence-electron chi connectivity index (χ4n) is 2.37. The smallest absolute Gasteiger partial charge is 0.462 e.